The molecule has 0 fully saturated rings. The minimum atomic E-state index is -1.31. The van der Waals surface area contributed by atoms with E-state index in [2.05, 4.69) is 5.32 Å². The Morgan fingerprint density at radius 2 is 1.90 bits per heavy atom. The molecular weight excluding hydrogens is 389 g/mol. The molecule has 1 heterocycles. The van der Waals surface area contributed by atoms with Gasteiger partial charge in [-0.15, -0.1) is 0 Å². The van der Waals surface area contributed by atoms with Crippen molar-refractivity contribution >= 4 is 22.7 Å². The van der Waals surface area contributed by atoms with Gasteiger partial charge in [-0.3, -0.25) is 14.2 Å². The number of carbonyl (C=O) groups is 2. The number of amides is 1. The maximum atomic E-state index is 14.7. The molecular formula is C20H17F3N2O4. The largest absolute Gasteiger partial charge is 0.503 e. The van der Waals surface area contributed by atoms with Gasteiger partial charge in [0, 0.05) is 29.3 Å². The van der Waals surface area contributed by atoms with E-state index in [1.165, 1.54) is 19.1 Å². The molecule has 1 aromatic heterocycles. The monoisotopic (exact) mass is 406 g/mol. The molecule has 0 saturated carbocycles. The molecule has 2 aromatic carbocycles. The van der Waals surface area contributed by atoms with Crippen LogP contribution in [0.4, 0.5) is 13.2 Å². The number of hydrogen-bond donors (Lipinski definition) is 3. The van der Waals surface area contributed by atoms with Crippen LogP contribution >= 0.6 is 0 Å². The van der Waals surface area contributed by atoms with E-state index < -0.39 is 35.0 Å². The Hall–Kier alpha value is -3.33. The molecule has 0 bridgehead atoms. The van der Waals surface area contributed by atoms with Crippen LogP contribution in [0.1, 0.15) is 21.6 Å². The number of nitrogens with one attached hydrogen (secondary N) is 1. The predicted molar refractivity (Wildman–Crippen MR) is 98.2 cm³/mol. The quantitative estimate of drug-likeness (QED) is 0.607. The molecule has 6 nitrogen and oxygen atoms in total. The number of carbonyl (C=O) groups excluding carboxylic acids is 2. The van der Waals surface area contributed by atoms with E-state index in [4.69, 9.17) is 5.11 Å². The highest BCUT2D eigenvalue weighted by Gasteiger charge is 2.27. The van der Waals surface area contributed by atoms with Crippen LogP contribution in [0.2, 0.25) is 0 Å². The van der Waals surface area contributed by atoms with E-state index in [1.807, 2.05) is 0 Å². The number of nitrogens with zero attached hydrogens (tertiary/aromatic N) is 1. The van der Waals surface area contributed by atoms with Crippen molar-refractivity contribution in [3.05, 3.63) is 64.6 Å². The van der Waals surface area contributed by atoms with Crippen molar-refractivity contribution in [3.8, 4) is 5.75 Å². The summed E-state index contributed by atoms with van der Waals surface area (Å²) in [5.74, 6) is -5.80. The van der Waals surface area contributed by atoms with Crippen LogP contribution < -0.4 is 5.32 Å². The summed E-state index contributed by atoms with van der Waals surface area (Å²) in [6.45, 7) is 1.10. The molecule has 152 valence electrons. The third-order valence-electron chi connectivity index (χ3n) is 4.53. The van der Waals surface area contributed by atoms with Gasteiger partial charge in [-0.05, 0) is 30.7 Å². The van der Waals surface area contributed by atoms with Crippen molar-refractivity contribution in [2.75, 3.05) is 13.2 Å². The second-order valence-electron chi connectivity index (χ2n) is 6.38. The second-order valence-corrected chi connectivity index (χ2v) is 6.38. The van der Waals surface area contributed by atoms with Crippen LogP contribution in [-0.2, 0) is 11.2 Å². The molecule has 3 rings (SSSR count). The predicted octanol–water partition coefficient (Wildman–Crippen LogP) is 2.41. The first-order valence-electron chi connectivity index (χ1n) is 8.65. The summed E-state index contributed by atoms with van der Waals surface area (Å²) in [5, 5.41) is 20.6. The van der Waals surface area contributed by atoms with Gasteiger partial charge in [-0.2, -0.15) is 0 Å². The van der Waals surface area contributed by atoms with Crippen molar-refractivity contribution < 1.29 is 33.0 Å². The highest BCUT2D eigenvalue weighted by molar-refractivity contribution is 6.05. The molecule has 9 heteroatoms. The summed E-state index contributed by atoms with van der Waals surface area (Å²) < 4.78 is 43.2. The maximum absolute atomic E-state index is 14.7. The topological polar surface area (TPSA) is 91.6 Å². The Bertz CT molecular complexity index is 1120. The van der Waals surface area contributed by atoms with E-state index in [1.54, 1.807) is 0 Å². The highest BCUT2D eigenvalue weighted by Crippen LogP contribution is 2.35. The van der Waals surface area contributed by atoms with Gasteiger partial charge in [0.15, 0.2) is 17.4 Å². The van der Waals surface area contributed by atoms with Crippen LogP contribution in [0, 0.1) is 24.4 Å². The lowest BCUT2D eigenvalue weighted by Gasteiger charge is -2.08. The summed E-state index contributed by atoms with van der Waals surface area (Å²) in [6, 6.07) is 5.57. The number of benzene rings is 2. The molecule has 0 saturated heterocycles. The lowest BCUT2D eigenvalue weighted by atomic mass is 10.1. The molecule has 3 aromatic rings. The lowest BCUT2D eigenvalue weighted by Crippen LogP contribution is -2.28. The first-order valence-corrected chi connectivity index (χ1v) is 8.65. The van der Waals surface area contributed by atoms with E-state index in [9.17, 15) is 27.9 Å². The fraction of sp³-hybridized carbons (Fsp3) is 0.200. The fourth-order valence-electron chi connectivity index (χ4n) is 3.20. The van der Waals surface area contributed by atoms with Crippen molar-refractivity contribution in [2.24, 2.45) is 0 Å². The van der Waals surface area contributed by atoms with E-state index in [-0.39, 0.29) is 47.3 Å². The Kier molecular flexibility index (Phi) is 5.60. The van der Waals surface area contributed by atoms with Crippen molar-refractivity contribution in [1.82, 2.24) is 9.88 Å². The zero-order chi connectivity index (χ0) is 21.3. The summed E-state index contributed by atoms with van der Waals surface area (Å²) in [6.07, 6.45) is -0.381. The minimum absolute atomic E-state index is 0.0267. The smallest absolute Gasteiger partial charge is 0.262 e. The molecule has 29 heavy (non-hydrogen) atoms. The van der Waals surface area contributed by atoms with Gasteiger partial charge >= 0.3 is 0 Å². The molecule has 0 atom stereocenters. The molecule has 0 aliphatic rings. The molecule has 3 N–H and O–H groups in total. The molecule has 0 unspecified atom stereocenters. The number of rotatable bonds is 5. The van der Waals surface area contributed by atoms with E-state index >= 15 is 0 Å². The third kappa shape index (κ3) is 3.68. The zero-order valence-corrected chi connectivity index (χ0v) is 15.3. The number of phenolic OH excluding ortho intramolecular Hbond substituents is 1. The van der Waals surface area contributed by atoms with Gasteiger partial charge < -0.3 is 15.5 Å². The van der Waals surface area contributed by atoms with Crippen LogP contribution in [0.25, 0.3) is 10.9 Å². The number of phenols is 1. The summed E-state index contributed by atoms with van der Waals surface area (Å²) in [7, 11) is 0. The number of hydrogen-bond acceptors (Lipinski definition) is 4. The molecule has 0 aliphatic carbocycles. The number of aromatic nitrogens is 1. The summed E-state index contributed by atoms with van der Waals surface area (Å²) >= 11 is 0. The van der Waals surface area contributed by atoms with Crippen LogP contribution in [0.3, 0.4) is 0 Å². The van der Waals surface area contributed by atoms with E-state index in [0.717, 1.165) is 22.8 Å². The lowest BCUT2D eigenvalue weighted by molar-refractivity contribution is -0.120. The Balaban J connectivity index is 2.23. The fourth-order valence-corrected chi connectivity index (χ4v) is 3.20. The number of aliphatic hydroxyl groups is 1. The Morgan fingerprint density at radius 1 is 1.17 bits per heavy atom. The molecule has 0 spiro atoms. The van der Waals surface area contributed by atoms with Gasteiger partial charge in [-0.1, -0.05) is 6.07 Å². The van der Waals surface area contributed by atoms with Crippen LogP contribution in [0.5, 0.6) is 5.75 Å². The van der Waals surface area contributed by atoms with Gasteiger partial charge in [0.05, 0.1) is 18.5 Å². The van der Waals surface area contributed by atoms with Crippen molar-refractivity contribution in [2.45, 2.75) is 13.3 Å². The molecule has 1 amide bonds. The minimum Gasteiger partial charge on any atom is -0.503 e. The zero-order valence-electron chi connectivity index (χ0n) is 15.3. The van der Waals surface area contributed by atoms with Crippen molar-refractivity contribution in [1.29, 1.82) is 0 Å². The third-order valence-corrected chi connectivity index (χ3v) is 4.53. The van der Waals surface area contributed by atoms with Gasteiger partial charge in [0.2, 0.25) is 5.91 Å². The standard InChI is InChI=1S/C20H17F3N2O4/c1-10-13(8-16(27)24-5-6-26)17-15(9-14(22)19(28)18(17)23)25(10)20(29)11-3-2-4-12(21)7-11/h2-4,7,9,26,28H,5-6,8H2,1H3,(H,24,27). The average Bonchev–Trinajstić information content (AvgIpc) is 2.95. The highest BCUT2D eigenvalue weighted by atomic mass is 19.1. The first kappa shape index (κ1) is 20.4. The summed E-state index contributed by atoms with van der Waals surface area (Å²) in [4.78, 5) is 25.1. The van der Waals surface area contributed by atoms with Crippen LogP contribution in [0.15, 0.2) is 30.3 Å². The Labute approximate surface area is 163 Å². The Morgan fingerprint density at radius 3 is 2.55 bits per heavy atom. The second kappa shape index (κ2) is 7.96. The summed E-state index contributed by atoms with van der Waals surface area (Å²) in [5.41, 5.74) is -0.0602. The number of aliphatic hydroxyl groups excluding tert-OH is 1. The van der Waals surface area contributed by atoms with Crippen LogP contribution in [-0.4, -0.2) is 39.7 Å². The average molecular weight is 406 g/mol. The van der Waals surface area contributed by atoms with Crippen molar-refractivity contribution in [3.63, 3.8) is 0 Å². The number of fused-ring (bicyclic) bond motifs is 1. The maximum Gasteiger partial charge on any atom is 0.262 e. The first-order chi connectivity index (χ1) is 13.8. The number of halogens is 3. The van der Waals surface area contributed by atoms with Gasteiger partial charge in [0.25, 0.3) is 5.91 Å². The molecule has 0 radical (unpaired) electrons. The molecule has 0 aliphatic heterocycles. The van der Waals surface area contributed by atoms with Gasteiger partial charge in [0.1, 0.15) is 5.82 Å². The number of aromatic hydroxyl groups is 1. The normalized spacial score (nSPS) is 11.1. The SMILES string of the molecule is Cc1c(CC(=O)NCCO)c2c(F)c(O)c(F)cc2n1C(=O)c1cccc(F)c1. The van der Waals surface area contributed by atoms with Gasteiger partial charge in [-0.25, -0.2) is 13.2 Å². The van der Waals surface area contributed by atoms with E-state index in [0.29, 0.717) is 0 Å².